The maximum atomic E-state index is 12.8. The van der Waals surface area contributed by atoms with E-state index in [1.807, 2.05) is 6.92 Å². The second kappa shape index (κ2) is 9.22. The Hall–Kier alpha value is -2.08. The largest absolute Gasteiger partial charge is 0.416 e. The summed E-state index contributed by atoms with van der Waals surface area (Å²) in [4.78, 5) is 0. The van der Waals surface area contributed by atoms with Gasteiger partial charge in [0.2, 0.25) is 0 Å². The summed E-state index contributed by atoms with van der Waals surface area (Å²) in [6, 6.07) is 13.4. The predicted octanol–water partition coefficient (Wildman–Crippen LogP) is 6.66. The molecule has 27 heavy (non-hydrogen) atoms. The third kappa shape index (κ3) is 5.96. The molecule has 2 N–H and O–H groups in total. The van der Waals surface area contributed by atoms with E-state index < -0.39 is 11.7 Å². The minimum absolute atomic E-state index is 0.0122. The first-order valence-corrected chi connectivity index (χ1v) is 9.50. The van der Waals surface area contributed by atoms with Crippen molar-refractivity contribution >= 4 is 23.0 Å². The Kier molecular flexibility index (Phi) is 7.25. The van der Waals surface area contributed by atoms with E-state index in [-0.39, 0.29) is 6.04 Å². The molecule has 0 bridgehead atoms. The van der Waals surface area contributed by atoms with E-state index in [1.54, 1.807) is 6.07 Å². The van der Waals surface area contributed by atoms with E-state index in [2.05, 4.69) is 48.7 Å². The van der Waals surface area contributed by atoms with Crippen molar-refractivity contribution in [2.75, 3.05) is 5.32 Å². The molecule has 0 spiro atoms. The fourth-order valence-electron chi connectivity index (χ4n) is 2.81. The zero-order valence-corrected chi connectivity index (χ0v) is 16.5. The molecule has 0 aliphatic rings. The van der Waals surface area contributed by atoms with Gasteiger partial charge in [-0.1, -0.05) is 51.1 Å². The number of nitrogens with one attached hydrogen (secondary N) is 2. The molecule has 0 aromatic heterocycles. The number of anilines is 1. The van der Waals surface area contributed by atoms with Crippen LogP contribution in [0.5, 0.6) is 0 Å². The molecule has 2 aromatic rings. The van der Waals surface area contributed by atoms with Crippen molar-refractivity contribution < 1.29 is 13.2 Å². The van der Waals surface area contributed by atoms with Gasteiger partial charge in [0, 0.05) is 5.69 Å². The van der Waals surface area contributed by atoms with Gasteiger partial charge in [0.25, 0.3) is 0 Å². The molecule has 0 amide bonds. The SMILES string of the molecule is CCC(C)c1ccc(C(CC)NC(=S)Nc2cccc(C(F)(F)F)c2)cc1. The average Bonchev–Trinajstić information content (AvgIpc) is 2.65. The summed E-state index contributed by atoms with van der Waals surface area (Å²) >= 11 is 5.30. The van der Waals surface area contributed by atoms with Crippen LogP contribution in [0.4, 0.5) is 18.9 Å². The Morgan fingerprint density at radius 3 is 2.19 bits per heavy atom. The van der Waals surface area contributed by atoms with E-state index in [9.17, 15) is 13.2 Å². The first-order chi connectivity index (χ1) is 12.7. The lowest BCUT2D eigenvalue weighted by molar-refractivity contribution is -0.137. The molecule has 0 saturated carbocycles. The Bertz CT molecular complexity index is 757. The minimum atomic E-state index is -4.38. The smallest absolute Gasteiger partial charge is 0.356 e. The molecule has 2 nitrogen and oxygen atoms in total. The van der Waals surface area contributed by atoms with Crippen LogP contribution in [0.2, 0.25) is 0 Å². The summed E-state index contributed by atoms with van der Waals surface area (Å²) in [6.45, 7) is 6.39. The lowest BCUT2D eigenvalue weighted by atomic mass is 9.95. The molecule has 0 aliphatic heterocycles. The van der Waals surface area contributed by atoms with Crippen molar-refractivity contribution in [1.82, 2.24) is 5.32 Å². The van der Waals surface area contributed by atoms with Crippen LogP contribution >= 0.6 is 12.2 Å². The lowest BCUT2D eigenvalue weighted by Crippen LogP contribution is -2.32. The van der Waals surface area contributed by atoms with E-state index in [0.29, 0.717) is 16.7 Å². The van der Waals surface area contributed by atoms with Crippen LogP contribution < -0.4 is 10.6 Å². The van der Waals surface area contributed by atoms with Crippen molar-refractivity contribution in [2.45, 2.75) is 51.7 Å². The monoisotopic (exact) mass is 394 g/mol. The van der Waals surface area contributed by atoms with Gasteiger partial charge in [-0.3, -0.25) is 0 Å². The molecule has 146 valence electrons. The number of alkyl halides is 3. The van der Waals surface area contributed by atoms with Crippen molar-refractivity contribution in [2.24, 2.45) is 0 Å². The van der Waals surface area contributed by atoms with Crippen molar-refractivity contribution in [3.05, 3.63) is 65.2 Å². The molecule has 0 heterocycles. The van der Waals surface area contributed by atoms with Gasteiger partial charge in [-0.15, -0.1) is 0 Å². The van der Waals surface area contributed by atoms with Gasteiger partial charge >= 0.3 is 6.18 Å². The van der Waals surface area contributed by atoms with Crippen LogP contribution in [-0.2, 0) is 6.18 Å². The zero-order valence-electron chi connectivity index (χ0n) is 15.7. The fraction of sp³-hybridized carbons (Fsp3) is 0.381. The van der Waals surface area contributed by atoms with Gasteiger partial charge in [0.1, 0.15) is 0 Å². The standard InChI is InChI=1S/C21H25F3N2S/c1-4-14(3)15-9-11-16(12-10-15)19(5-2)26-20(27)25-18-8-6-7-17(13-18)21(22,23)24/h6-14,19H,4-5H2,1-3H3,(H2,25,26,27). The first kappa shape index (κ1) is 21.2. The summed E-state index contributed by atoms with van der Waals surface area (Å²) in [7, 11) is 0. The van der Waals surface area contributed by atoms with Gasteiger partial charge in [-0.05, 0) is 60.3 Å². The zero-order chi connectivity index (χ0) is 20.0. The summed E-state index contributed by atoms with van der Waals surface area (Å²) < 4.78 is 38.5. The van der Waals surface area contributed by atoms with Crippen LogP contribution in [0.3, 0.4) is 0 Å². The Balaban J connectivity index is 2.05. The third-order valence-corrected chi connectivity index (χ3v) is 4.90. The number of halogens is 3. The topological polar surface area (TPSA) is 24.1 Å². The van der Waals surface area contributed by atoms with Crippen LogP contribution in [-0.4, -0.2) is 5.11 Å². The molecule has 6 heteroatoms. The molecule has 2 aromatic carbocycles. The Labute approximate surface area is 164 Å². The number of benzene rings is 2. The first-order valence-electron chi connectivity index (χ1n) is 9.09. The van der Waals surface area contributed by atoms with Crippen LogP contribution in [0.1, 0.15) is 62.3 Å². The Morgan fingerprint density at radius 1 is 1.00 bits per heavy atom. The van der Waals surface area contributed by atoms with E-state index in [0.717, 1.165) is 30.5 Å². The molecular weight excluding hydrogens is 369 g/mol. The highest BCUT2D eigenvalue weighted by atomic mass is 32.1. The van der Waals surface area contributed by atoms with Gasteiger partial charge in [0.15, 0.2) is 5.11 Å². The van der Waals surface area contributed by atoms with E-state index in [1.165, 1.54) is 11.6 Å². The number of thiocarbonyl (C=S) groups is 1. The second-order valence-electron chi connectivity index (χ2n) is 6.61. The fourth-order valence-corrected chi connectivity index (χ4v) is 3.07. The van der Waals surface area contributed by atoms with Crippen LogP contribution in [0.25, 0.3) is 0 Å². The molecule has 0 fully saturated rings. The minimum Gasteiger partial charge on any atom is -0.356 e. The molecule has 0 aliphatic carbocycles. The van der Waals surface area contributed by atoms with Crippen molar-refractivity contribution in [1.29, 1.82) is 0 Å². The number of hydrogen-bond donors (Lipinski definition) is 2. The average molecular weight is 395 g/mol. The molecule has 2 unspecified atom stereocenters. The van der Waals surface area contributed by atoms with E-state index >= 15 is 0 Å². The highest BCUT2D eigenvalue weighted by Gasteiger charge is 2.30. The molecular formula is C21H25F3N2S. The van der Waals surface area contributed by atoms with Gasteiger partial charge in [-0.2, -0.15) is 13.2 Å². The molecule has 2 rings (SSSR count). The Morgan fingerprint density at radius 2 is 1.63 bits per heavy atom. The number of hydrogen-bond acceptors (Lipinski definition) is 1. The van der Waals surface area contributed by atoms with Crippen LogP contribution in [0, 0.1) is 0 Å². The molecule has 0 radical (unpaired) electrons. The summed E-state index contributed by atoms with van der Waals surface area (Å²) in [5.41, 5.74) is 1.99. The van der Waals surface area contributed by atoms with Crippen molar-refractivity contribution in [3.63, 3.8) is 0 Å². The maximum Gasteiger partial charge on any atom is 0.416 e. The molecule has 2 atom stereocenters. The highest BCUT2D eigenvalue weighted by Crippen LogP contribution is 2.30. The second-order valence-corrected chi connectivity index (χ2v) is 7.02. The quantitative estimate of drug-likeness (QED) is 0.536. The van der Waals surface area contributed by atoms with Crippen molar-refractivity contribution in [3.8, 4) is 0 Å². The third-order valence-electron chi connectivity index (χ3n) is 4.68. The van der Waals surface area contributed by atoms with Gasteiger partial charge < -0.3 is 10.6 Å². The van der Waals surface area contributed by atoms with E-state index in [4.69, 9.17) is 12.2 Å². The van der Waals surface area contributed by atoms with Gasteiger partial charge in [0.05, 0.1) is 11.6 Å². The van der Waals surface area contributed by atoms with Gasteiger partial charge in [-0.25, -0.2) is 0 Å². The predicted molar refractivity (Wildman–Crippen MR) is 109 cm³/mol. The molecule has 0 saturated heterocycles. The summed E-state index contributed by atoms with van der Waals surface area (Å²) in [6.07, 6.45) is -2.50. The lowest BCUT2D eigenvalue weighted by Gasteiger charge is -2.21. The van der Waals surface area contributed by atoms with Crippen LogP contribution in [0.15, 0.2) is 48.5 Å². The summed E-state index contributed by atoms with van der Waals surface area (Å²) in [5.74, 6) is 0.510. The number of rotatable bonds is 6. The maximum absolute atomic E-state index is 12.8. The normalized spacial score (nSPS) is 13.7. The highest BCUT2D eigenvalue weighted by molar-refractivity contribution is 7.80. The summed E-state index contributed by atoms with van der Waals surface area (Å²) in [5, 5.41) is 6.34.